The Balaban J connectivity index is 2.50. The quantitative estimate of drug-likeness (QED) is 0.587. The van der Waals surface area contributed by atoms with Crippen LogP contribution in [0, 0.1) is 0 Å². The summed E-state index contributed by atoms with van der Waals surface area (Å²) in [4.78, 5) is 23.0. The average Bonchev–Trinajstić information content (AvgIpc) is 2.49. The Labute approximate surface area is 76.6 Å². The van der Waals surface area contributed by atoms with Crippen molar-refractivity contribution >= 4 is 12.4 Å². The van der Waals surface area contributed by atoms with Gasteiger partial charge in [0.1, 0.15) is 19.1 Å². The van der Waals surface area contributed by atoms with E-state index in [2.05, 4.69) is 0 Å². The standard InChI is InChI=1S/C8H13NO4/c1-6(2)13-8(11)9-5-12-4-7(9)3-10/h3,6-7H,4-5H2,1-2H3/t7-/m0/s1. The van der Waals surface area contributed by atoms with Gasteiger partial charge in [0.2, 0.25) is 0 Å². The zero-order chi connectivity index (χ0) is 9.84. The lowest BCUT2D eigenvalue weighted by Crippen LogP contribution is -2.38. The third kappa shape index (κ3) is 2.42. The molecule has 13 heavy (non-hydrogen) atoms. The maximum atomic E-state index is 11.3. The molecule has 1 rings (SSSR count). The van der Waals surface area contributed by atoms with Gasteiger partial charge in [-0.15, -0.1) is 0 Å². The summed E-state index contributed by atoms with van der Waals surface area (Å²) >= 11 is 0. The van der Waals surface area contributed by atoms with Crippen molar-refractivity contribution in [1.29, 1.82) is 0 Å². The molecule has 1 heterocycles. The van der Waals surface area contributed by atoms with Crippen molar-refractivity contribution in [2.45, 2.75) is 26.0 Å². The van der Waals surface area contributed by atoms with E-state index in [4.69, 9.17) is 9.47 Å². The van der Waals surface area contributed by atoms with Crippen LogP contribution in [0.5, 0.6) is 0 Å². The van der Waals surface area contributed by atoms with E-state index >= 15 is 0 Å². The van der Waals surface area contributed by atoms with E-state index in [0.29, 0.717) is 6.29 Å². The lowest BCUT2D eigenvalue weighted by atomic mass is 10.3. The summed E-state index contributed by atoms with van der Waals surface area (Å²) in [5, 5.41) is 0. The highest BCUT2D eigenvalue weighted by Gasteiger charge is 2.30. The van der Waals surface area contributed by atoms with Crippen molar-refractivity contribution in [1.82, 2.24) is 4.90 Å². The average molecular weight is 187 g/mol. The zero-order valence-corrected chi connectivity index (χ0v) is 7.73. The summed E-state index contributed by atoms with van der Waals surface area (Å²) in [5.74, 6) is 0. The molecule has 5 nitrogen and oxygen atoms in total. The fourth-order valence-corrected chi connectivity index (χ4v) is 1.03. The Morgan fingerprint density at radius 1 is 1.69 bits per heavy atom. The monoisotopic (exact) mass is 187 g/mol. The van der Waals surface area contributed by atoms with Gasteiger partial charge >= 0.3 is 6.09 Å². The normalized spacial score (nSPS) is 22.1. The summed E-state index contributed by atoms with van der Waals surface area (Å²) in [6.45, 7) is 3.90. The van der Waals surface area contributed by atoms with E-state index in [9.17, 15) is 9.59 Å². The summed E-state index contributed by atoms with van der Waals surface area (Å²) in [6, 6.07) is -0.494. The van der Waals surface area contributed by atoms with Crippen LogP contribution >= 0.6 is 0 Å². The Hall–Kier alpha value is -1.10. The van der Waals surface area contributed by atoms with Crippen molar-refractivity contribution < 1.29 is 19.1 Å². The van der Waals surface area contributed by atoms with Gasteiger partial charge in [-0.1, -0.05) is 0 Å². The first-order chi connectivity index (χ1) is 6.15. The van der Waals surface area contributed by atoms with Crippen molar-refractivity contribution in [3.63, 3.8) is 0 Å². The van der Waals surface area contributed by atoms with Gasteiger partial charge in [0.05, 0.1) is 12.7 Å². The van der Waals surface area contributed by atoms with Gasteiger partial charge < -0.3 is 14.3 Å². The molecule has 0 aliphatic carbocycles. The molecule has 5 heteroatoms. The number of rotatable bonds is 2. The van der Waals surface area contributed by atoms with Crippen LogP contribution in [0.15, 0.2) is 0 Å². The van der Waals surface area contributed by atoms with E-state index in [1.807, 2.05) is 0 Å². The van der Waals surface area contributed by atoms with Gasteiger partial charge in [-0.2, -0.15) is 0 Å². The van der Waals surface area contributed by atoms with Crippen LogP contribution in [0.25, 0.3) is 0 Å². The minimum atomic E-state index is -0.496. The number of carbonyl (C=O) groups is 2. The molecule has 0 bridgehead atoms. The molecule has 1 saturated heterocycles. The molecular formula is C8H13NO4. The largest absolute Gasteiger partial charge is 0.447 e. The maximum absolute atomic E-state index is 11.3. The highest BCUT2D eigenvalue weighted by Crippen LogP contribution is 2.09. The second-order valence-corrected chi connectivity index (χ2v) is 3.11. The molecule has 74 valence electrons. The first-order valence-electron chi connectivity index (χ1n) is 4.15. The molecule has 0 unspecified atom stereocenters. The van der Waals surface area contributed by atoms with Crippen LogP contribution in [0.1, 0.15) is 13.8 Å². The van der Waals surface area contributed by atoms with Crippen molar-refractivity contribution in [2.75, 3.05) is 13.3 Å². The summed E-state index contributed by atoms with van der Waals surface area (Å²) in [5.41, 5.74) is 0. The molecular weight excluding hydrogens is 174 g/mol. The number of nitrogens with zero attached hydrogens (tertiary/aromatic N) is 1. The number of aldehydes is 1. The van der Waals surface area contributed by atoms with Crippen molar-refractivity contribution in [3.05, 3.63) is 0 Å². The van der Waals surface area contributed by atoms with E-state index in [1.54, 1.807) is 13.8 Å². The third-order valence-electron chi connectivity index (χ3n) is 1.65. The van der Waals surface area contributed by atoms with Crippen LogP contribution in [0.3, 0.4) is 0 Å². The molecule has 0 N–H and O–H groups in total. The summed E-state index contributed by atoms with van der Waals surface area (Å²) in [6.07, 6.45) is 0.0132. The molecule has 1 fully saturated rings. The first kappa shape index (κ1) is 9.98. The van der Waals surface area contributed by atoms with E-state index < -0.39 is 12.1 Å². The van der Waals surface area contributed by atoms with E-state index in [-0.39, 0.29) is 19.4 Å². The number of hydrogen-bond acceptors (Lipinski definition) is 4. The minimum absolute atomic E-state index is 0.134. The predicted octanol–water partition coefficient (Wildman–Crippen LogP) is 0.389. The van der Waals surface area contributed by atoms with Gasteiger partial charge in [-0.05, 0) is 13.8 Å². The molecule has 1 atom stereocenters. The number of carbonyl (C=O) groups excluding carboxylic acids is 2. The Kier molecular flexibility index (Phi) is 3.25. The van der Waals surface area contributed by atoms with Crippen LogP contribution < -0.4 is 0 Å². The van der Waals surface area contributed by atoms with Crippen LogP contribution in [-0.2, 0) is 14.3 Å². The molecule has 1 aliphatic heterocycles. The van der Waals surface area contributed by atoms with Gasteiger partial charge in [0, 0.05) is 0 Å². The lowest BCUT2D eigenvalue weighted by molar-refractivity contribution is -0.111. The zero-order valence-electron chi connectivity index (χ0n) is 7.73. The summed E-state index contributed by atoms with van der Waals surface area (Å²) < 4.78 is 9.87. The Morgan fingerprint density at radius 2 is 2.38 bits per heavy atom. The summed E-state index contributed by atoms with van der Waals surface area (Å²) in [7, 11) is 0. The minimum Gasteiger partial charge on any atom is -0.447 e. The van der Waals surface area contributed by atoms with Gasteiger partial charge in [0.25, 0.3) is 0 Å². The molecule has 0 saturated carbocycles. The van der Waals surface area contributed by atoms with Crippen LogP contribution in [-0.4, -0.2) is 42.8 Å². The molecule has 1 amide bonds. The Bertz CT molecular complexity index is 204. The van der Waals surface area contributed by atoms with Crippen LogP contribution in [0.4, 0.5) is 4.79 Å². The van der Waals surface area contributed by atoms with E-state index in [0.717, 1.165) is 0 Å². The van der Waals surface area contributed by atoms with Gasteiger partial charge in [-0.25, -0.2) is 4.79 Å². The predicted molar refractivity (Wildman–Crippen MR) is 44.1 cm³/mol. The lowest BCUT2D eigenvalue weighted by Gasteiger charge is -2.19. The first-order valence-corrected chi connectivity index (χ1v) is 4.15. The molecule has 0 spiro atoms. The molecule has 0 radical (unpaired) electrons. The fraction of sp³-hybridized carbons (Fsp3) is 0.750. The second kappa shape index (κ2) is 4.23. The smallest absolute Gasteiger partial charge is 0.412 e. The maximum Gasteiger partial charge on any atom is 0.412 e. The molecule has 1 aliphatic rings. The van der Waals surface area contributed by atoms with Crippen molar-refractivity contribution in [3.8, 4) is 0 Å². The van der Waals surface area contributed by atoms with Crippen molar-refractivity contribution in [2.24, 2.45) is 0 Å². The topological polar surface area (TPSA) is 55.8 Å². The second-order valence-electron chi connectivity index (χ2n) is 3.11. The third-order valence-corrected chi connectivity index (χ3v) is 1.65. The van der Waals surface area contributed by atoms with Gasteiger partial charge in [-0.3, -0.25) is 4.90 Å². The number of hydrogen-bond donors (Lipinski definition) is 0. The SMILES string of the molecule is CC(C)OC(=O)N1COC[C@@H]1C=O. The molecule has 0 aromatic heterocycles. The Morgan fingerprint density at radius 3 is 2.92 bits per heavy atom. The molecule has 0 aromatic rings. The number of amides is 1. The van der Waals surface area contributed by atoms with Crippen LogP contribution in [0.2, 0.25) is 0 Å². The molecule has 0 aromatic carbocycles. The highest BCUT2D eigenvalue weighted by molar-refractivity contribution is 5.74. The van der Waals surface area contributed by atoms with Gasteiger partial charge in [0.15, 0.2) is 0 Å². The number of ether oxygens (including phenoxy) is 2. The van der Waals surface area contributed by atoms with E-state index in [1.165, 1.54) is 4.90 Å². The fourth-order valence-electron chi connectivity index (χ4n) is 1.03. The highest BCUT2D eigenvalue weighted by atomic mass is 16.6.